The van der Waals surface area contributed by atoms with Crippen molar-refractivity contribution in [3.8, 4) is 0 Å². The highest BCUT2D eigenvalue weighted by Gasteiger charge is 2.21. The van der Waals surface area contributed by atoms with Crippen LogP contribution in [0.25, 0.3) is 11.0 Å². The first-order valence-corrected chi connectivity index (χ1v) is 7.95. The smallest absolute Gasteiger partial charge is 0.313 e. The average molecular weight is 310 g/mol. The SMILES string of the molecule is CCC(C)C(C)n1c(SCC(=O)O)nc2c(F)cccc21. The van der Waals surface area contributed by atoms with Crippen LogP contribution >= 0.6 is 11.8 Å². The molecule has 0 bridgehead atoms. The molecule has 114 valence electrons. The zero-order valence-electron chi connectivity index (χ0n) is 12.3. The number of halogens is 1. The lowest BCUT2D eigenvalue weighted by Gasteiger charge is -2.22. The standard InChI is InChI=1S/C15H19FN2O2S/c1-4-9(2)10(3)18-12-7-5-6-11(16)14(12)17-15(18)21-8-13(19)20/h5-7,9-10H,4,8H2,1-3H3,(H,19,20). The van der Waals surface area contributed by atoms with Crippen molar-refractivity contribution < 1.29 is 14.3 Å². The largest absolute Gasteiger partial charge is 0.481 e. The Morgan fingerprint density at radius 2 is 2.19 bits per heavy atom. The summed E-state index contributed by atoms with van der Waals surface area (Å²) >= 11 is 1.13. The molecule has 21 heavy (non-hydrogen) atoms. The summed E-state index contributed by atoms with van der Waals surface area (Å²) in [5, 5.41) is 9.42. The van der Waals surface area contributed by atoms with E-state index in [9.17, 15) is 9.18 Å². The fraction of sp³-hybridized carbons (Fsp3) is 0.467. The quantitative estimate of drug-likeness (QED) is 0.821. The molecule has 0 aliphatic rings. The number of hydrogen-bond acceptors (Lipinski definition) is 3. The van der Waals surface area contributed by atoms with Gasteiger partial charge >= 0.3 is 5.97 Å². The summed E-state index contributed by atoms with van der Waals surface area (Å²) in [5.41, 5.74) is 1.02. The third-order valence-corrected chi connectivity index (χ3v) is 4.78. The highest BCUT2D eigenvalue weighted by atomic mass is 32.2. The van der Waals surface area contributed by atoms with Gasteiger partial charge in [-0.2, -0.15) is 0 Å². The molecule has 1 aromatic carbocycles. The van der Waals surface area contributed by atoms with Crippen molar-refractivity contribution in [3.05, 3.63) is 24.0 Å². The Bertz CT molecular complexity index is 656. The van der Waals surface area contributed by atoms with E-state index in [1.165, 1.54) is 6.07 Å². The van der Waals surface area contributed by atoms with Crippen LogP contribution in [0, 0.1) is 11.7 Å². The predicted molar refractivity (Wildman–Crippen MR) is 82.2 cm³/mol. The number of para-hydroxylation sites is 1. The van der Waals surface area contributed by atoms with Gasteiger partial charge in [0.05, 0.1) is 11.3 Å². The number of aromatic nitrogens is 2. The number of carbonyl (C=O) groups is 1. The van der Waals surface area contributed by atoms with E-state index in [1.54, 1.807) is 6.07 Å². The molecule has 1 heterocycles. The van der Waals surface area contributed by atoms with Crippen LogP contribution in [0.5, 0.6) is 0 Å². The maximum absolute atomic E-state index is 13.9. The topological polar surface area (TPSA) is 55.1 Å². The van der Waals surface area contributed by atoms with Gasteiger partial charge in [-0.25, -0.2) is 9.37 Å². The molecule has 0 amide bonds. The van der Waals surface area contributed by atoms with E-state index in [2.05, 4.69) is 25.8 Å². The van der Waals surface area contributed by atoms with E-state index in [0.29, 0.717) is 16.6 Å². The second-order valence-electron chi connectivity index (χ2n) is 5.18. The molecule has 2 rings (SSSR count). The minimum atomic E-state index is -0.907. The number of carboxylic acids is 1. The number of imidazole rings is 1. The molecule has 2 unspecified atom stereocenters. The third kappa shape index (κ3) is 3.20. The average Bonchev–Trinajstić information content (AvgIpc) is 2.83. The Kier molecular flexibility index (Phi) is 4.88. The number of aliphatic carboxylic acids is 1. The lowest BCUT2D eigenvalue weighted by atomic mass is 10.0. The Hall–Kier alpha value is -1.56. The minimum absolute atomic E-state index is 0.0852. The van der Waals surface area contributed by atoms with Crippen LogP contribution in [-0.2, 0) is 4.79 Å². The van der Waals surface area contributed by atoms with E-state index in [-0.39, 0.29) is 17.6 Å². The number of carboxylic acid groups (broad SMARTS) is 1. The molecule has 0 saturated heterocycles. The summed E-state index contributed by atoms with van der Waals surface area (Å²) in [4.78, 5) is 15.1. The van der Waals surface area contributed by atoms with Gasteiger partial charge < -0.3 is 9.67 Å². The lowest BCUT2D eigenvalue weighted by Crippen LogP contribution is -2.15. The fourth-order valence-electron chi connectivity index (χ4n) is 2.28. The summed E-state index contributed by atoms with van der Waals surface area (Å²) in [6, 6.07) is 4.98. The van der Waals surface area contributed by atoms with Crippen LogP contribution in [-0.4, -0.2) is 26.4 Å². The molecule has 1 aromatic heterocycles. The van der Waals surface area contributed by atoms with Gasteiger partial charge in [-0.05, 0) is 25.0 Å². The first kappa shape index (κ1) is 15.8. The van der Waals surface area contributed by atoms with E-state index in [0.717, 1.165) is 23.7 Å². The summed E-state index contributed by atoms with van der Waals surface area (Å²) in [6.07, 6.45) is 0.985. The van der Waals surface area contributed by atoms with Crippen LogP contribution < -0.4 is 0 Å². The van der Waals surface area contributed by atoms with Crippen molar-refractivity contribution in [2.75, 3.05) is 5.75 Å². The highest BCUT2D eigenvalue weighted by Crippen LogP contribution is 2.32. The van der Waals surface area contributed by atoms with Gasteiger partial charge in [0.1, 0.15) is 5.52 Å². The van der Waals surface area contributed by atoms with E-state index in [1.807, 2.05) is 10.6 Å². The molecule has 2 aromatic rings. The number of nitrogens with zero attached hydrogens (tertiary/aromatic N) is 2. The number of fused-ring (bicyclic) bond motifs is 1. The Morgan fingerprint density at radius 1 is 1.48 bits per heavy atom. The van der Waals surface area contributed by atoms with Crippen LogP contribution in [0.15, 0.2) is 23.4 Å². The fourth-order valence-corrected chi connectivity index (χ4v) is 3.09. The van der Waals surface area contributed by atoms with Gasteiger partial charge in [-0.3, -0.25) is 4.79 Å². The van der Waals surface area contributed by atoms with Crippen LogP contribution in [0.1, 0.15) is 33.2 Å². The van der Waals surface area contributed by atoms with E-state index < -0.39 is 5.97 Å². The minimum Gasteiger partial charge on any atom is -0.481 e. The lowest BCUT2D eigenvalue weighted by molar-refractivity contribution is -0.133. The van der Waals surface area contributed by atoms with Crippen LogP contribution in [0.2, 0.25) is 0 Å². The number of thioether (sulfide) groups is 1. The second-order valence-corrected chi connectivity index (χ2v) is 6.12. The maximum atomic E-state index is 13.9. The maximum Gasteiger partial charge on any atom is 0.313 e. The summed E-state index contributed by atoms with van der Waals surface area (Å²) < 4.78 is 15.9. The van der Waals surface area contributed by atoms with Crippen molar-refractivity contribution >= 4 is 28.8 Å². The monoisotopic (exact) mass is 310 g/mol. The molecule has 0 spiro atoms. The van der Waals surface area contributed by atoms with Gasteiger partial charge in [0.25, 0.3) is 0 Å². The Morgan fingerprint density at radius 3 is 2.81 bits per heavy atom. The van der Waals surface area contributed by atoms with Crippen molar-refractivity contribution in [2.24, 2.45) is 5.92 Å². The normalized spacial score (nSPS) is 14.3. The molecule has 4 nitrogen and oxygen atoms in total. The van der Waals surface area contributed by atoms with E-state index in [4.69, 9.17) is 5.11 Å². The van der Waals surface area contributed by atoms with Gasteiger partial charge in [0.2, 0.25) is 0 Å². The van der Waals surface area contributed by atoms with E-state index >= 15 is 0 Å². The zero-order chi connectivity index (χ0) is 15.6. The van der Waals surface area contributed by atoms with Gasteiger partial charge in [0.15, 0.2) is 11.0 Å². The molecule has 2 atom stereocenters. The molecule has 1 N–H and O–H groups in total. The Balaban J connectivity index is 2.54. The summed E-state index contributed by atoms with van der Waals surface area (Å²) in [6.45, 7) is 6.29. The van der Waals surface area contributed by atoms with Crippen molar-refractivity contribution in [1.82, 2.24) is 9.55 Å². The van der Waals surface area contributed by atoms with Gasteiger partial charge in [0, 0.05) is 6.04 Å². The predicted octanol–water partition coefficient (Wildman–Crippen LogP) is 3.96. The summed E-state index contributed by atoms with van der Waals surface area (Å²) in [5.74, 6) is -0.983. The van der Waals surface area contributed by atoms with Gasteiger partial charge in [-0.1, -0.05) is 38.1 Å². The molecule has 0 aliphatic heterocycles. The highest BCUT2D eigenvalue weighted by molar-refractivity contribution is 7.99. The van der Waals surface area contributed by atoms with Crippen LogP contribution in [0.3, 0.4) is 0 Å². The van der Waals surface area contributed by atoms with Crippen LogP contribution in [0.4, 0.5) is 4.39 Å². The summed E-state index contributed by atoms with van der Waals surface area (Å²) in [7, 11) is 0. The van der Waals surface area contributed by atoms with Crippen molar-refractivity contribution in [2.45, 2.75) is 38.4 Å². The first-order valence-electron chi connectivity index (χ1n) is 6.96. The Labute approximate surface area is 127 Å². The number of hydrogen-bond donors (Lipinski definition) is 1. The molecule has 0 saturated carbocycles. The molecule has 0 fully saturated rings. The van der Waals surface area contributed by atoms with Gasteiger partial charge in [-0.15, -0.1) is 0 Å². The molecular formula is C15H19FN2O2S. The van der Waals surface area contributed by atoms with Crippen molar-refractivity contribution in [1.29, 1.82) is 0 Å². The second kappa shape index (κ2) is 6.47. The van der Waals surface area contributed by atoms with Crippen molar-refractivity contribution in [3.63, 3.8) is 0 Å². The molecule has 0 radical (unpaired) electrons. The first-order chi connectivity index (χ1) is 9.95. The molecule has 6 heteroatoms. The molecule has 0 aliphatic carbocycles. The zero-order valence-corrected chi connectivity index (χ0v) is 13.2. The number of benzene rings is 1. The third-order valence-electron chi connectivity index (χ3n) is 3.84. The molecular weight excluding hydrogens is 291 g/mol. The number of rotatable bonds is 6.